The molecule has 0 unspecified atom stereocenters. The van der Waals surface area contributed by atoms with E-state index in [1.807, 2.05) is 20.8 Å². The maximum atomic E-state index is 11.6. The first-order chi connectivity index (χ1) is 7.17. The van der Waals surface area contributed by atoms with Gasteiger partial charge >= 0.3 is 6.09 Å². The van der Waals surface area contributed by atoms with Crippen molar-refractivity contribution >= 4 is 6.09 Å². The van der Waals surface area contributed by atoms with Crippen molar-refractivity contribution in [2.75, 3.05) is 0 Å². The maximum Gasteiger partial charge on any atom is 0.408 e. The lowest BCUT2D eigenvalue weighted by molar-refractivity contribution is -0.163. The number of amides is 1. The van der Waals surface area contributed by atoms with Gasteiger partial charge in [0, 0.05) is 11.6 Å². The summed E-state index contributed by atoms with van der Waals surface area (Å²) in [7, 11) is 0. The standard InChI is InChI=1S/C12H22N2O2/c1-8(13)11-5-12(6-11,7-11)14-9(15)16-10(2,3)4/h8H,5-7,13H2,1-4H3,(H,14,15)/t8-,11?,12?/m1/s1. The molecule has 3 saturated carbocycles. The number of hydrogen-bond acceptors (Lipinski definition) is 3. The summed E-state index contributed by atoms with van der Waals surface area (Å²) in [6, 6.07) is 0.231. The van der Waals surface area contributed by atoms with E-state index in [0.29, 0.717) is 5.41 Å². The largest absolute Gasteiger partial charge is 0.444 e. The van der Waals surface area contributed by atoms with Crippen molar-refractivity contribution in [2.45, 2.75) is 64.1 Å². The van der Waals surface area contributed by atoms with Gasteiger partial charge in [0.05, 0.1) is 0 Å². The van der Waals surface area contributed by atoms with E-state index < -0.39 is 5.60 Å². The van der Waals surface area contributed by atoms with E-state index in [2.05, 4.69) is 12.2 Å². The zero-order valence-electron chi connectivity index (χ0n) is 10.6. The molecule has 0 aromatic carbocycles. The Kier molecular flexibility index (Phi) is 2.29. The zero-order valence-corrected chi connectivity index (χ0v) is 10.6. The fraction of sp³-hybridized carbons (Fsp3) is 0.917. The third kappa shape index (κ3) is 1.79. The molecule has 1 atom stereocenters. The highest BCUT2D eigenvalue weighted by molar-refractivity contribution is 5.70. The Hall–Kier alpha value is -0.770. The molecule has 0 heterocycles. The van der Waals surface area contributed by atoms with Gasteiger partial charge in [-0.2, -0.15) is 0 Å². The van der Waals surface area contributed by atoms with E-state index in [1.165, 1.54) is 0 Å². The zero-order chi connectivity index (χ0) is 12.2. The minimum Gasteiger partial charge on any atom is -0.444 e. The fourth-order valence-electron chi connectivity index (χ4n) is 3.00. The molecular formula is C12H22N2O2. The SMILES string of the molecule is C[C@@H](N)C12CC(NC(=O)OC(C)(C)C)(C1)C2. The minimum absolute atomic E-state index is 0.00400. The van der Waals surface area contributed by atoms with Crippen LogP contribution in [-0.4, -0.2) is 23.3 Å². The number of carbonyl (C=O) groups excluding carboxylic acids is 1. The first-order valence-electron chi connectivity index (χ1n) is 5.93. The van der Waals surface area contributed by atoms with Crippen molar-refractivity contribution in [3.63, 3.8) is 0 Å². The molecule has 0 radical (unpaired) electrons. The molecule has 92 valence electrons. The van der Waals surface area contributed by atoms with Gasteiger partial charge in [-0.05, 0) is 52.4 Å². The van der Waals surface area contributed by atoms with Crippen LogP contribution in [0.4, 0.5) is 4.79 Å². The second-order valence-electron chi connectivity index (χ2n) is 6.59. The van der Waals surface area contributed by atoms with Gasteiger partial charge < -0.3 is 15.8 Å². The highest BCUT2D eigenvalue weighted by Crippen LogP contribution is 2.68. The van der Waals surface area contributed by atoms with Crippen LogP contribution in [0.2, 0.25) is 0 Å². The Morgan fingerprint density at radius 3 is 2.25 bits per heavy atom. The van der Waals surface area contributed by atoms with Gasteiger partial charge in [-0.3, -0.25) is 0 Å². The lowest BCUT2D eigenvalue weighted by atomic mass is 9.37. The molecule has 3 aliphatic carbocycles. The third-order valence-electron chi connectivity index (χ3n) is 3.80. The van der Waals surface area contributed by atoms with Crippen LogP contribution in [0.1, 0.15) is 47.0 Å². The van der Waals surface area contributed by atoms with E-state index in [4.69, 9.17) is 10.5 Å². The summed E-state index contributed by atoms with van der Waals surface area (Å²) in [5.41, 5.74) is 5.79. The second-order valence-corrected chi connectivity index (χ2v) is 6.59. The molecule has 16 heavy (non-hydrogen) atoms. The Labute approximate surface area is 96.9 Å². The van der Waals surface area contributed by atoms with E-state index in [9.17, 15) is 4.79 Å². The minimum atomic E-state index is -0.424. The van der Waals surface area contributed by atoms with E-state index >= 15 is 0 Å². The molecule has 0 aliphatic heterocycles. The van der Waals surface area contributed by atoms with Crippen molar-refractivity contribution in [3.05, 3.63) is 0 Å². The number of alkyl carbamates (subject to hydrolysis) is 1. The summed E-state index contributed by atoms with van der Waals surface area (Å²) >= 11 is 0. The molecule has 2 bridgehead atoms. The molecule has 0 aromatic rings. The number of ether oxygens (including phenoxy) is 1. The average Bonchev–Trinajstić information content (AvgIpc) is 1.88. The first kappa shape index (κ1) is 11.7. The van der Waals surface area contributed by atoms with E-state index in [1.54, 1.807) is 0 Å². The van der Waals surface area contributed by atoms with Crippen LogP contribution in [0.3, 0.4) is 0 Å². The van der Waals surface area contributed by atoms with Crippen molar-refractivity contribution in [1.82, 2.24) is 5.32 Å². The average molecular weight is 226 g/mol. The highest BCUT2D eigenvalue weighted by atomic mass is 16.6. The number of rotatable bonds is 2. The maximum absolute atomic E-state index is 11.6. The van der Waals surface area contributed by atoms with Gasteiger partial charge in [-0.25, -0.2) is 4.79 Å². The Morgan fingerprint density at radius 1 is 1.38 bits per heavy atom. The quantitative estimate of drug-likeness (QED) is 0.754. The van der Waals surface area contributed by atoms with Gasteiger partial charge in [0.2, 0.25) is 0 Å². The predicted molar refractivity (Wildman–Crippen MR) is 62.0 cm³/mol. The van der Waals surface area contributed by atoms with Crippen molar-refractivity contribution in [2.24, 2.45) is 11.1 Å². The number of carbonyl (C=O) groups is 1. The number of hydrogen-bond donors (Lipinski definition) is 2. The van der Waals surface area contributed by atoms with Gasteiger partial charge in [0.15, 0.2) is 0 Å². The molecule has 1 amide bonds. The second kappa shape index (κ2) is 3.13. The Balaban J connectivity index is 1.81. The molecule has 3 N–H and O–H groups in total. The molecule has 4 heteroatoms. The van der Waals surface area contributed by atoms with Crippen LogP contribution in [0.15, 0.2) is 0 Å². The van der Waals surface area contributed by atoms with Crippen LogP contribution >= 0.6 is 0 Å². The summed E-state index contributed by atoms with van der Waals surface area (Å²) in [6.45, 7) is 7.67. The van der Waals surface area contributed by atoms with Crippen LogP contribution in [-0.2, 0) is 4.74 Å². The molecule has 3 aliphatic rings. The number of nitrogens with one attached hydrogen (secondary N) is 1. The van der Waals surface area contributed by atoms with E-state index in [0.717, 1.165) is 19.3 Å². The summed E-state index contributed by atoms with van der Waals surface area (Å²) < 4.78 is 5.25. The summed E-state index contributed by atoms with van der Waals surface area (Å²) in [5, 5.41) is 2.98. The van der Waals surface area contributed by atoms with Crippen molar-refractivity contribution < 1.29 is 9.53 Å². The van der Waals surface area contributed by atoms with Crippen molar-refractivity contribution in [1.29, 1.82) is 0 Å². The fourth-order valence-corrected chi connectivity index (χ4v) is 3.00. The molecule has 0 aromatic heterocycles. The first-order valence-corrected chi connectivity index (χ1v) is 5.93. The highest BCUT2D eigenvalue weighted by Gasteiger charge is 2.69. The number of nitrogens with two attached hydrogens (primary N) is 1. The molecular weight excluding hydrogens is 204 g/mol. The lowest BCUT2D eigenvalue weighted by Gasteiger charge is -2.72. The Morgan fingerprint density at radius 2 is 1.88 bits per heavy atom. The monoisotopic (exact) mass is 226 g/mol. The van der Waals surface area contributed by atoms with Crippen LogP contribution < -0.4 is 11.1 Å². The summed E-state index contributed by atoms with van der Waals surface area (Å²) in [4.78, 5) is 11.6. The van der Waals surface area contributed by atoms with Crippen LogP contribution in [0.5, 0.6) is 0 Å². The molecule has 3 fully saturated rings. The van der Waals surface area contributed by atoms with Crippen molar-refractivity contribution in [3.8, 4) is 0 Å². The molecule has 4 nitrogen and oxygen atoms in total. The van der Waals surface area contributed by atoms with Gasteiger partial charge in [-0.1, -0.05) is 0 Å². The molecule has 0 saturated heterocycles. The normalized spacial score (nSPS) is 38.1. The summed E-state index contributed by atoms with van der Waals surface area (Å²) in [5.74, 6) is 0. The molecule has 3 rings (SSSR count). The summed E-state index contributed by atoms with van der Waals surface area (Å²) in [6.07, 6.45) is 2.73. The van der Waals surface area contributed by atoms with E-state index in [-0.39, 0.29) is 17.7 Å². The smallest absolute Gasteiger partial charge is 0.408 e. The third-order valence-corrected chi connectivity index (χ3v) is 3.80. The molecule has 0 spiro atoms. The van der Waals surface area contributed by atoms with Gasteiger partial charge in [0.1, 0.15) is 5.60 Å². The van der Waals surface area contributed by atoms with Crippen LogP contribution in [0.25, 0.3) is 0 Å². The van der Waals surface area contributed by atoms with Gasteiger partial charge in [0.25, 0.3) is 0 Å². The lowest BCUT2D eigenvalue weighted by Crippen LogP contribution is -2.78. The predicted octanol–water partition coefficient (Wildman–Crippen LogP) is 1.78. The van der Waals surface area contributed by atoms with Gasteiger partial charge in [-0.15, -0.1) is 0 Å². The van der Waals surface area contributed by atoms with Crippen LogP contribution in [0, 0.1) is 5.41 Å². The Bertz CT molecular complexity index is 298. The topological polar surface area (TPSA) is 64.3 Å².